The highest BCUT2D eigenvalue weighted by Gasteiger charge is 2.23. The van der Waals surface area contributed by atoms with E-state index in [4.69, 9.17) is 0 Å². The number of aryl methyl sites for hydroxylation is 1. The van der Waals surface area contributed by atoms with E-state index in [1.54, 1.807) is 0 Å². The fraction of sp³-hybridized carbons (Fsp3) is 0.667. The smallest absolute Gasteiger partial charge is 0.0558 e. The second kappa shape index (κ2) is 6.19. The molecule has 0 saturated carbocycles. The molecule has 1 saturated heterocycles. The molecule has 3 nitrogen and oxygen atoms in total. The molecular weight excluding hydrogens is 222 g/mol. The number of aromatic nitrogens is 1. The summed E-state index contributed by atoms with van der Waals surface area (Å²) >= 11 is 0. The zero-order chi connectivity index (χ0) is 13.0. The fourth-order valence-electron chi connectivity index (χ4n) is 2.76. The molecule has 1 aliphatic rings. The van der Waals surface area contributed by atoms with Crippen molar-refractivity contribution < 1.29 is 0 Å². The van der Waals surface area contributed by atoms with E-state index in [0.29, 0.717) is 6.04 Å². The molecule has 2 rings (SSSR count). The number of hydrogen-bond acceptors (Lipinski definition) is 3. The number of likely N-dealkylation sites (tertiary alicyclic amines) is 1. The Kier molecular flexibility index (Phi) is 4.59. The molecule has 0 bridgehead atoms. The van der Waals surface area contributed by atoms with E-state index in [2.05, 4.69) is 42.0 Å². The van der Waals surface area contributed by atoms with E-state index in [1.165, 1.54) is 43.7 Å². The van der Waals surface area contributed by atoms with E-state index in [1.807, 2.05) is 12.4 Å². The van der Waals surface area contributed by atoms with Crippen LogP contribution in [0.2, 0.25) is 0 Å². The highest BCUT2D eigenvalue weighted by atomic mass is 15.1. The molecule has 0 aliphatic carbocycles. The molecule has 1 aromatic rings. The lowest BCUT2D eigenvalue weighted by molar-refractivity contribution is 0.172. The third kappa shape index (κ3) is 3.22. The van der Waals surface area contributed by atoms with Gasteiger partial charge in [-0.1, -0.05) is 6.92 Å². The van der Waals surface area contributed by atoms with Crippen molar-refractivity contribution in [1.82, 2.24) is 9.88 Å². The van der Waals surface area contributed by atoms with E-state index in [0.717, 1.165) is 5.92 Å². The standard InChI is InChI=1S/C15H25N3/c1-4-18-9-5-6-14(11-18)13(3)17-15-10-16-8-7-12(15)2/h7-8,10,13-14,17H,4-6,9,11H2,1-3H3. The lowest BCUT2D eigenvalue weighted by atomic mass is 9.91. The van der Waals surface area contributed by atoms with Crippen LogP contribution in [0.1, 0.15) is 32.3 Å². The Balaban J connectivity index is 1.95. The number of hydrogen-bond donors (Lipinski definition) is 1. The largest absolute Gasteiger partial charge is 0.381 e. The highest BCUT2D eigenvalue weighted by molar-refractivity contribution is 5.48. The first kappa shape index (κ1) is 13.3. The molecule has 2 unspecified atom stereocenters. The van der Waals surface area contributed by atoms with Crippen molar-refractivity contribution in [3.63, 3.8) is 0 Å². The van der Waals surface area contributed by atoms with Gasteiger partial charge in [-0.05, 0) is 57.3 Å². The van der Waals surface area contributed by atoms with Crippen LogP contribution in [0.3, 0.4) is 0 Å². The van der Waals surface area contributed by atoms with E-state index in [9.17, 15) is 0 Å². The first-order valence-corrected chi connectivity index (χ1v) is 7.10. The van der Waals surface area contributed by atoms with E-state index >= 15 is 0 Å². The average Bonchev–Trinajstić information content (AvgIpc) is 2.41. The van der Waals surface area contributed by atoms with Crippen molar-refractivity contribution in [1.29, 1.82) is 0 Å². The molecule has 100 valence electrons. The van der Waals surface area contributed by atoms with Crippen LogP contribution in [0, 0.1) is 12.8 Å². The quantitative estimate of drug-likeness (QED) is 0.886. The lowest BCUT2D eigenvalue weighted by Gasteiger charge is -2.35. The van der Waals surface area contributed by atoms with Crippen molar-refractivity contribution in [3.05, 3.63) is 24.0 Å². The van der Waals surface area contributed by atoms with Crippen molar-refractivity contribution in [2.24, 2.45) is 5.92 Å². The average molecular weight is 247 g/mol. The summed E-state index contributed by atoms with van der Waals surface area (Å²) in [6.45, 7) is 10.4. The summed E-state index contributed by atoms with van der Waals surface area (Å²) in [5.74, 6) is 0.748. The molecule has 0 spiro atoms. The van der Waals surface area contributed by atoms with Crippen LogP contribution in [0.25, 0.3) is 0 Å². The summed E-state index contributed by atoms with van der Waals surface area (Å²) in [4.78, 5) is 6.76. The van der Waals surface area contributed by atoms with Crippen molar-refractivity contribution >= 4 is 5.69 Å². The van der Waals surface area contributed by atoms with Crippen LogP contribution in [0.15, 0.2) is 18.5 Å². The Morgan fingerprint density at radius 1 is 1.56 bits per heavy atom. The molecule has 1 aliphatic heterocycles. The molecule has 1 aromatic heterocycles. The van der Waals surface area contributed by atoms with Crippen LogP contribution >= 0.6 is 0 Å². The number of piperidine rings is 1. The molecule has 0 aromatic carbocycles. The van der Waals surface area contributed by atoms with Crippen molar-refractivity contribution in [2.75, 3.05) is 25.0 Å². The van der Waals surface area contributed by atoms with Gasteiger partial charge < -0.3 is 10.2 Å². The summed E-state index contributed by atoms with van der Waals surface area (Å²) in [7, 11) is 0. The first-order chi connectivity index (χ1) is 8.70. The zero-order valence-electron chi connectivity index (χ0n) is 11.8. The van der Waals surface area contributed by atoms with Crippen molar-refractivity contribution in [2.45, 2.75) is 39.7 Å². The molecule has 0 radical (unpaired) electrons. The Morgan fingerprint density at radius 2 is 2.39 bits per heavy atom. The van der Waals surface area contributed by atoms with Gasteiger partial charge >= 0.3 is 0 Å². The maximum absolute atomic E-state index is 4.20. The molecule has 2 heterocycles. The third-order valence-electron chi connectivity index (χ3n) is 4.12. The predicted molar refractivity (Wildman–Crippen MR) is 76.9 cm³/mol. The van der Waals surface area contributed by atoms with Gasteiger partial charge in [0.05, 0.1) is 11.9 Å². The maximum Gasteiger partial charge on any atom is 0.0558 e. The van der Waals surface area contributed by atoms with Crippen molar-refractivity contribution in [3.8, 4) is 0 Å². The predicted octanol–water partition coefficient (Wildman–Crippen LogP) is 2.92. The summed E-state index contributed by atoms with van der Waals surface area (Å²) in [6, 6.07) is 2.58. The van der Waals surface area contributed by atoms with Gasteiger partial charge in [0, 0.05) is 18.8 Å². The molecule has 0 amide bonds. The number of anilines is 1. The maximum atomic E-state index is 4.20. The number of nitrogens with zero attached hydrogens (tertiary/aromatic N) is 2. The van der Waals surface area contributed by atoms with Gasteiger partial charge in [-0.15, -0.1) is 0 Å². The SMILES string of the molecule is CCN1CCCC(C(C)Nc2cnccc2C)C1. The normalized spacial score (nSPS) is 22.7. The minimum Gasteiger partial charge on any atom is -0.381 e. The van der Waals surface area contributed by atoms with Crippen LogP contribution in [-0.4, -0.2) is 35.6 Å². The topological polar surface area (TPSA) is 28.2 Å². The summed E-state index contributed by atoms with van der Waals surface area (Å²) in [6.07, 6.45) is 6.46. The molecule has 3 heteroatoms. The first-order valence-electron chi connectivity index (χ1n) is 7.10. The van der Waals surface area contributed by atoms with Crippen LogP contribution in [0.5, 0.6) is 0 Å². The van der Waals surface area contributed by atoms with Gasteiger partial charge in [-0.25, -0.2) is 0 Å². The van der Waals surface area contributed by atoms with Crippen LogP contribution in [-0.2, 0) is 0 Å². The fourth-order valence-corrected chi connectivity index (χ4v) is 2.76. The Bertz CT molecular complexity index is 378. The summed E-state index contributed by atoms with van der Waals surface area (Å²) in [5, 5.41) is 3.64. The lowest BCUT2D eigenvalue weighted by Crippen LogP contribution is -2.41. The number of rotatable bonds is 4. The number of pyridine rings is 1. The number of nitrogens with one attached hydrogen (secondary N) is 1. The second-order valence-electron chi connectivity index (χ2n) is 5.42. The summed E-state index contributed by atoms with van der Waals surface area (Å²) < 4.78 is 0. The molecule has 1 fully saturated rings. The minimum absolute atomic E-state index is 0.516. The van der Waals surface area contributed by atoms with Gasteiger partial charge in [0.15, 0.2) is 0 Å². The third-order valence-corrected chi connectivity index (χ3v) is 4.12. The minimum atomic E-state index is 0.516. The van der Waals surface area contributed by atoms with E-state index < -0.39 is 0 Å². The Morgan fingerprint density at radius 3 is 3.11 bits per heavy atom. The Labute approximate surface area is 111 Å². The molecule has 18 heavy (non-hydrogen) atoms. The zero-order valence-corrected chi connectivity index (χ0v) is 11.8. The molecule has 2 atom stereocenters. The second-order valence-corrected chi connectivity index (χ2v) is 5.42. The highest BCUT2D eigenvalue weighted by Crippen LogP contribution is 2.23. The summed E-state index contributed by atoms with van der Waals surface area (Å²) in [5.41, 5.74) is 2.46. The monoisotopic (exact) mass is 247 g/mol. The molecule has 1 N–H and O–H groups in total. The van der Waals surface area contributed by atoms with Gasteiger partial charge in [-0.2, -0.15) is 0 Å². The van der Waals surface area contributed by atoms with Crippen LogP contribution in [0.4, 0.5) is 5.69 Å². The van der Waals surface area contributed by atoms with E-state index in [-0.39, 0.29) is 0 Å². The molecular formula is C15H25N3. The van der Waals surface area contributed by atoms with Gasteiger partial charge in [-0.3, -0.25) is 4.98 Å². The van der Waals surface area contributed by atoms with Crippen LogP contribution < -0.4 is 5.32 Å². The van der Waals surface area contributed by atoms with Gasteiger partial charge in [0.25, 0.3) is 0 Å². The van der Waals surface area contributed by atoms with Gasteiger partial charge in [0.1, 0.15) is 0 Å². The van der Waals surface area contributed by atoms with Gasteiger partial charge in [0.2, 0.25) is 0 Å². The Hall–Kier alpha value is -1.09.